The van der Waals surface area contributed by atoms with E-state index in [1.165, 1.54) is 57.8 Å². The molecule has 0 amide bonds. The minimum atomic E-state index is 0.0418. The van der Waals surface area contributed by atoms with Crippen LogP contribution in [0.5, 0.6) is 0 Å². The fraction of sp³-hybridized carbons (Fsp3) is 0.867. The van der Waals surface area contributed by atoms with E-state index in [1.807, 2.05) is 5.57 Å². The normalized spacial score (nSPS) is 40.1. The summed E-state index contributed by atoms with van der Waals surface area (Å²) in [6.45, 7) is 7.48. The summed E-state index contributed by atoms with van der Waals surface area (Å²) in [6.07, 6.45) is 18.0. The minimum absolute atomic E-state index is 0.0418. The maximum Gasteiger partial charge on any atom is 0.306 e. The standard InChI is InChI=1S/C30H46O3/c1-20(9-14-28(32)33-23-7-5-4-6-8-23)25-12-13-26-24-11-10-21-19-22(31)15-17-29(21,2)27(24)16-18-30(25,26)3/h20-21,23,25-26H,4-19H2,1-3H3/t20-,21?,25-,26+,29+,30-/m1/s1. The van der Waals surface area contributed by atoms with Gasteiger partial charge in [-0.25, -0.2) is 0 Å². The molecule has 0 saturated heterocycles. The fourth-order valence-corrected chi connectivity index (χ4v) is 9.20. The largest absolute Gasteiger partial charge is 0.462 e. The van der Waals surface area contributed by atoms with Crippen molar-refractivity contribution < 1.29 is 14.3 Å². The number of carbonyl (C=O) groups is 2. The van der Waals surface area contributed by atoms with Gasteiger partial charge in [0.05, 0.1) is 0 Å². The molecule has 0 aromatic carbocycles. The predicted octanol–water partition coefficient (Wildman–Crippen LogP) is 7.57. The lowest BCUT2D eigenvalue weighted by molar-refractivity contribution is -0.151. The number of hydrogen-bond donors (Lipinski definition) is 0. The summed E-state index contributed by atoms with van der Waals surface area (Å²) in [5, 5.41) is 0. The number of ketones is 1. The SMILES string of the molecule is C[C@H](CCC(=O)OC1CCCCC1)[C@H]1CC[C@H]2C3=C(CC[C@]12C)[C@@]1(C)CCC(=O)CC1CC3. The molecule has 6 atom stereocenters. The molecule has 0 aromatic rings. The van der Waals surface area contributed by atoms with Gasteiger partial charge in [-0.15, -0.1) is 0 Å². The highest BCUT2D eigenvalue weighted by molar-refractivity contribution is 5.80. The zero-order chi connectivity index (χ0) is 23.2. The van der Waals surface area contributed by atoms with E-state index in [4.69, 9.17) is 4.74 Å². The average Bonchev–Trinajstić information content (AvgIpc) is 3.16. The van der Waals surface area contributed by atoms with Crippen molar-refractivity contribution in [3.05, 3.63) is 11.1 Å². The topological polar surface area (TPSA) is 43.4 Å². The number of rotatable bonds is 5. The molecule has 0 radical (unpaired) electrons. The Morgan fingerprint density at radius 3 is 2.58 bits per heavy atom. The zero-order valence-electron chi connectivity index (χ0n) is 21.4. The molecule has 0 spiro atoms. The molecular weight excluding hydrogens is 408 g/mol. The van der Waals surface area contributed by atoms with Gasteiger partial charge < -0.3 is 4.74 Å². The highest BCUT2D eigenvalue weighted by atomic mass is 16.5. The first-order valence-corrected chi connectivity index (χ1v) is 14.2. The number of carbonyl (C=O) groups excluding carboxylic acids is 2. The van der Waals surface area contributed by atoms with Gasteiger partial charge in [0, 0.05) is 19.3 Å². The van der Waals surface area contributed by atoms with Gasteiger partial charge in [-0.2, -0.15) is 0 Å². The van der Waals surface area contributed by atoms with Crippen LogP contribution in [0.25, 0.3) is 0 Å². The Kier molecular flexibility index (Phi) is 6.55. The predicted molar refractivity (Wildman–Crippen MR) is 132 cm³/mol. The highest BCUT2D eigenvalue weighted by Gasteiger charge is 2.55. The van der Waals surface area contributed by atoms with Gasteiger partial charge in [0.25, 0.3) is 0 Å². The Morgan fingerprint density at radius 1 is 1.00 bits per heavy atom. The van der Waals surface area contributed by atoms with Gasteiger partial charge in [-0.1, -0.05) is 38.3 Å². The Balaban J connectivity index is 1.24. The van der Waals surface area contributed by atoms with Crippen molar-refractivity contribution in [1.29, 1.82) is 0 Å². The molecule has 5 aliphatic rings. The van der Waals surface area contributed by atoms with Gasteiger partial charge >= 0.3 is 5.97 Å². The maximum atomic E-state index is 12.5. The molecular formula is C30H46O3. The van der Waals surface area contributed by atoms with Crippen LogP contribution in [0.15, 0.2) is 11.1 Å². The second-order valence-electron chi connectivity index (χ2n) is 12.9. The van der Waals surface area contributed by atoms with E-state index in [0.717, 1.165) is 50.4 Å². The van der Waals surface area contributed by atoms with E-state index in [2.05, 4.69) is 20.8 Å². The van der Waals surface area contributed by atoms with Crippen LogP contribution in [0.4, 0.5) is 0 Å². The van der Waals surface area contributed by atoms with Gasteiger partial charge in [-0.05, 0) is 112 Å². The Hall–Kier alpha value is -1.12. The third-order valence-corrected chi connectivity index (χ3v) is 11.2. The number of allylic oxidation sites excluding steroid dienone is 2. The van der Waals surface area contributed by atoms with Gasteiger partial charge in [0.1, 0.15) is 11.9 Å². The average molecular weight is 455 g/mol. The molecule has 3 fully saturated rings. The quantitative estimate of drug-likeness (QED) is 0.318. The minimum Gasteiger partial charge on any atom is -0.462 e. The number of Topliss-reactive ketones (excluding diaryl/α,β-unsaturated/α-hetero) is 1. The number of hydrogen-bond acceptors (Lipinski definition) is 3. The molecule has 33 heavy (non-hydrogen) atoms. The molecule has 0 heterocycles. The number of fused-ring (bicyclic) bond motifs is 4. The molecule has 1 unspecified atom stereocenters. The maximum absolute atomic E-state index is 12.5. The molecule has 184 valence electrons. The van der Waals surface area contributed by atoms with E-state index < -0.39 is 0 Å². The molecule has 5 rings (SSSR count). The monoisotopic (exact) mass is 454 g/mol. The van der Waals surface area contributed by atoms with E-state index in [9.17, 15) is 9.59 Å². The molecule has 0 aliphatic heterocycles. The summed E-state index contributed by atoms with van der Waals surface area (Å²) in [7, 11) is 0. The van der Waals surface area contributed by atoms with Crippen LogP contribution in [-0.4, -0.2) is 17.9 Å². The third kappa shape index (κ3) is 4.25. The second kappa shape index (κ2) is 9.15. The zero-order valence-corrected chi connectivity index (χ0v) is 21.4. The van der Waals surface area contributed by atoms with Crippen LogP contribution in [0.3, 0.4) is 0 Å². The van der Waals surface area contributed by atoms with Crippen molar-refractivity contribution in [3.8, 4) is 0 Å². The molecule has 0 aromatic heterocycles. The van der Waals surface area contributed by atoms with Gasteiger partial charge in [-0.3, -0.25) is 9.59 Å². The first-order valence-electron chi connectivity index (χ1n) is 14.2. The molecule has 3 saturated carbocycles. The summed E-state index contributed by atoms with van der Waals surface area (Å²) in [4.78, 5) is 24.7. The highest BCUT2D eigenvalue weighted by Crippen LogP contribution is 2.65. The Bertz CT molecular complexity index is 805. The van der Waals surface area contributed by atoms with Gasteiger partial charge in [0.15, 0.2) is 0 Å². The third-order valence-electron chi connectivity index (χ3n) is 11.2. The lowest BCUT2D eigenvalue weighted by Gasteiger charge is -2.54. The van der Waals surface area contributed by atoms with Crippen LogP contribution in [0, 0.1) is 34.5 Å². The lowest BCUT2D eigenvalue weighted by Crippen LogP contribution is -2.45. The van der Waals surface area contributed by atoms with Gasteiger partial charge in [0.2, 0.25) is 0 Å². The van der Waals surface area contributed by atoms with Crippen molar-refractivity contribution in [1.82, 2.24) is 0 Å². The van der Waals surface area contributed by atoms with Crippen molar-refractivity contribution >= 4 is 11.8 Å². The molecule has 0 bridgehead atoms. The van der Waals surface area contributed by atoms with Crippen molar-refractivity contribution in [2.24, 2.45) is 34.5 Å². The number of esters is 1. The van der Waals surface area contributed by atoms with Crippen LogP contribution >= 0.6 is 0 Å². The second-order valence-corrected chi connectivity index (χ2v) is 12.9. The molecule has 5 aliphatic carbocycles. The summed E-state index contributed by atoms with van der Waals surface area (Å²) in [5.41, 5.74) is 4.26. The van der Waals surface area contributed by atoms with Crippen LogP contribution in [-0.2, 0) is 14.3 Å². The molecule has 3 heteroatoms. The first-order chi connectivity index (χ1) is 15.8. The van der Waals surface area contributed by atoms with E-state index in [1.54, 1.807) is 5.57 Å². The lowest BCUT2D eigenvalue weighted by atomic mass is 9.50. The molecule has 3 nitrogen and oxygen atoms in total. The summed E-state index contributed by atoms with van der Waals surface area (Å²) >= 11 is 0. The summed E-state index contributed by atoms with van der Waals surface area (Å²) in [5.74, 6) is 3.17. The Labute approximate surface area is 201 Å². The van der Waals surface area contributed by atoms with E-state index >= 15 is 0 Å². The van der Waals surface area contributed by atoms with Crippen LogP contribution in [0.2, 0.25) is 0 Å². The van der Waals surface area contributed by atoms with Crippen molar-refractivity contribution in [2.75, 3.05) is 0 Å². The smallest absolute Gasteiger partial charge is 0.306 e. The fourth-order valence-electron chi connectivity index (χ4n) is 9.20. The van der Waals surface area contributed by atoms with E-state index in [0.29, 0.717) is 29.5 Å². The summed E-state index contributed by atoms with van der Waals surface area (Å²) in [6, 6.07) is 0. The van der Waals surface area contributed by atoms with E-state index in [-0.39, 0.29) is 17.5 Å². The number of ether oxygens (including phenoxy) is 1. The summed E-state index contributed by atoms with van der Waals surface area (Å²) < 4.78 is 5.81. The van der Waals surface area contributed by atoms with Crippen LogP contribution < -0.4 is 0 Å². The Morgan fingerprint density at radius 2 is 1.79 bits per heavy atom. The van der Waals surface area contributed by atoms with Crippen molar-refractivity contribution in [3.63, 3.8) is 0 Å². The first kappa shape index (κ1) is 23.6. The molecule has 0 N–H and O–H groups in total. The van der Waals surface area contributed by atoms with Crippen LogP contribution in [0.1, 0.15) is 124 Å². The van der Waals surface area contributed by atoms with Crippen molar-refractivity contribution in [2.45, 2.75) is 130 Å².